The van der Waals surface area contributed by atoms with E-state index >= 15 is 0 Å². The maximum Gasteiger partial charge on any atom is 0.252 e. The van der Waals surface area contributed by atoms with E-state index in [0.29, 0.717) is 25.2 Å². The zero-order chi connectivity index (χ0) is 24.0. The van der Waals surface area contributed by atoms with Crippen LogP contribution in [-0.4, -0.2) is 38.9 Å². The van der Waals surface area contributed by atoms with Crippen LogP contribution in [0, 0.1) is 0 Å². The summed E-state index contributed by atoms with van der Waals surface area (Å²) in [5.74, 6) is 0.948. The molecule has 3 heterocycles. The second-order valence-electron chi connectivity index (χ2n) is 9.32. The van der Waals surface area contributed by atoms with Crippen LogP contribution in [0.4, 0.5) is 0 Å². The topological polar surface area (TPSA) is 97.0 Å². The van der Waals surface area contributed by atoms with Gasteiger partial charge in [-0.05, 0) is 50.1 Å². The summed E-state index contributed by atoms with van der Waals surface area (Å²) in [6.07, 6.45) is 11.8. The number of Topliss-reactive ketones (excluding diaryl/α,β-unsaturated/α-hetero) is 1. The summed E-state index contributed by atoms with van der Waals surface area (Å²) in [5, 5.41) is 5.38. The largest absolute Gasteiger partial charge is 0.365 e. The summed E-state index contributed by atoms with van der Waals surface area (Å²) in [7, 11) is 0. The van der Waals surface area contributed by atoms with Gasteiger partial charge in [0.15, 0.2) is 0 Å². The van der Waals surface area contributed by atoms with Crippen molar-refractivity contribution in [2.75, 3.05) is 6.61 Å². The number of fused-ring (bicyclic) bond motifs is 1. The molecular formula is C27H34N4O3. The van der Waals surface area contributed by atoms with Crippen molar-refractivity contribution in [1.29, 1.82) is 0 Å². The molecule has 1 aliphatic heterocycles. The fraction of sp³-hybridized carbons (Fsp3) is 0.481. The van der Waals surface area contributed by atoms with Gasteiger partial charge >= 0.3 is 0 Å². The molecule has 1 amide bonds. The second-order valence-corrected chi connectivity index (χ2v) is 9.32. The number of benzene rings is 1. The van der Waals surface area contributed by atoms with E-state index in [9.17, 15) is 9.59 Å². The van der Waals surface area contributed by atoms with Gasteiger partial charge in [0.05, 0.1) is 17.9 Å². The number of unbranched alkanes of at least 4 members (excludes halogenated alkanes) is 2. The monoisotopic (exact) mass is 462 g/mol. The minimum Gasteiger partial charge on any atom is -0.365 e. The van der Waals surface area contributed by atoms with Gasteiger partial charge in [-0.25, -0.2) is 4.98 Å². The molecule has 3 aromatic rings. The van der Waals surface area contributed by atoms with Gasteiger partial charge in [-0.2, -0.15) is 0 Å². The van der Waals surface area contributed by atoms with Crippen LogP contribution in [0.1, 0.15) is 77.1 Å². The number of carbonyl (C=O) groups excluding carboxylic acids is 2. The standard InChI is InChI=1S/C27H34N4O3/c1-3-22(32)8-5-4-6-9-23(31-26(33)27(2)13-7-15-34-27)25-29-18-24(30-25)20-11-10-19-12-14-28-17-21(19)16-20/h10-12,14,16-18,23H,3-9,13,15H2,1-2H3,(H,29,30)(H,31,33)/t23-,27?/m0/s1. The molecule has 2 atom stereocenters. The molecule has 34 heavy (non-hydrogen) atoms. The lowest BCUT2D eigenvalue weighted by Crippen LogP contribution is -2.45. The van der Waals surface area contributed by atoms with Crippen LogP contribution < -0.4 is 5.32 Å². The number of amides is 1. The quantitative estimate of drug-likeness (QED) is 0.378. The van der Waals surface area contributed by atoms with E-state index in [1.54, 1.807) is 6.20 Å². The van der Waals surface area contributed by atoms with Gasteiger partial charge in [0.2, 0.25) is 0 Å². The predicted octanol–water partition coefficient (Wildman–Crippen LogP) is 5.28. The first-order valence-corrected chi connectivity index (χ1v) is 12.3. The number of hydrogen-bond acceptors (Lipinski definition) is 5. The highest BCUT2D eigenvalue weighted by atomic mass is 16.5. The Balaban J connectivity index is 1.48. The molecule has 2 N–H and O–H groups in total. The normalized spacial score (nSPS) is 18.8. The Hall–Kier alpha value is -3.06. The van der Waals surface area contributed by atoms with Crippen LogP contribution in [0.2, 0.25) is 0 Å². The molecule has 1 aliphatic rings. The molecule has 180 valence electrons. The van der Waals surface area contributed by atoms with Crippen molar-refractivity contribution in [3.05, 3.63) is 48.7 Å². The average molecular weight is 463 g/mol. The zero-order valence-electron chi connectivity index (χ0n) is 20.1. The number of imidazole rings is 1. The number of aromatic nitrogens is 3. The Morgan fingerprint density at radius 3 is 2.85 bits per heavy atom. The number of hydrogen-bond donors (Lipinski definition) is 2. The lowest BCUT2D eigenvalue weighted by molar-refractivity contribution is -0.140. The molecule has 0 bridgehead atoms. The molecule has 0 spiro atoms. The number of nitrogens with one attached hydrogen (secondary N) is 2. The summed E-state index contributed by atoms with van der Waals surface area (Å²) in [4.78, 5) is 36.9. The van der Waals surface area contributed by atoms with E-state index in [0.717, 1.165) is 66.4 Å². The molecule has 1 fully saturated rings. The number of aromatic amines is 1. The average Bonchev–Trinajstić information content (AvgIpc) is 3.53. The Kier molecular flexibility index (Phi) is 7.73. The number of nitrogens with zero attached hydrogens (tertiary/aromatic N) is 2. The Morgan fingerprint density at radius 1 is 1.18 bits per heavy atom. The Morgan fingerprint density at radius 2 is 2.06 bits per heavy atom. The van der Waals surface area contributed by atoms with Gasteiger partial charge in [-0.15, -0.1) is 0 Å². The number of ether oxygens (including phenoxy) is 1. The molecule has 4 rings (SSSR count). The lowest BCUT2D eigenvalue weighted by Gasteiger charge is -2.25. The SMILES string of the molecule is CCC(=O)CCCCC[C@H](NC(=O)C1(C)CCCO1)c1ncc(-c2ccc3ccncc3c2)[nH]1. The van der Waals surface area contributed by atoms with Crippen LogP contribution >= 0.6 is 0 Å². The Bertz CT molecular complexity index is 1130. The molecule has 0 radical (unpaired) electrons. The highest BCUT2D eigenvalue weighted by Crippen LogP contribution is 2.29. The van der Waals surface area contributed by atoms with Crippen molar-refractivity contribution in [3.63, 3.8) is 0 Å². The fourth-order valence-electron chi connectivity index (χ4n) is 4.48. The number of pyridine rings is 1. The first-order valence-electron chi connectivity index (χ1n) is 12.3. The van der Waals surface area contributed by atoms with Gasteiger partial charge in [-0.1, -0.05) is 31.9 Å². The van der Waals surface area contributed by atoms with Crippen LogP contribution in [0.5, 0.6) is 0 Å². The lowest BCUT2D eigenvalue weighted by atomic mass is 10.00. The van der Waals surface area contributed by atoms with Crippen molar-refractivity contribution in [3.8, 4) is 11.3 Å². The van der Waals surface area contributed by atoms with Gasteiger partial charge < -0.3 is 15.0 Å². The number of rotatable bonds is 11. The first kappa shape index (κ1) is 24.1. The van der Waals surface area contributed by atoms with Gasteiger partial charge in [0.1, 0.15) is 17.2 Å². The molecule has 7 nitrogen and oxygen atoms in total. The molecular weight excluding hydrogens is 428 g/mol. The molecule has 0 aliphatic carbocycles. The number of ketones is 1. The molecule has 2 aromatic heterocycles. The third-order valence-corrected chi connectivity index (χ3v) is 6.72. The van der Waals surface area contributed by atoms with Crippen LogP contribution in [-0.2, 0) is 14.3 Å². The van der Waals surface area contributed by atoms with Gasteiger partial charge in [-0.3, -0.25) is 14.6 Å². The number of H-pyrrole nitrogens is 1. The summed E-state index contributed by atoms with van der Waals surface area (Å²) >= 11 is 0. The molecule has 1 unspecified atom stereocenters. The van der Waals surface area contributed by atoms with Crippen LogP contribution in [0.3, 0.4) is 0 Å². The van der Waals surface area contributed by atoms with E-state index in [2.05, 4.69) is 38.5 Å². The molecule has 1 aromatic carbocycles. The Labute approximate surface area is 200 Å². The summed E-state index contributed by atoms with van der Waals surface area (Å²) in [5.41, 5.74) is 1.14. The van der Waals surface area contributed by atoms with Crippen molar-refractivity contribution >= 4 is 22.5 Å². The fourth-order valence-corrected chi connectivity index (χ4v) is 4.48. The van der Waals surface area contributed by atoms with Crippen molar-refractivity contribution in [2.45, 2.75) is 76.9 Å². The summed E-state index contributed by atoms with van der Waals surface area (Å²) < 4.78 is 5.75. The first-order chi connectivity index (χ1) is 16.5. The highest BCUT2D eigenvalue weighted by Gasteiger charge is 2.39. The maximum atomic E-state index is 13.1. The minimum atomic E-state index is -0.785. The van der Waals surface area contributed by atoms with Crippen LogP contribution in [0.15, 0.2) is 42.9 Å². The summed E-state index contributed by atoms with van der Waals surface area (Å²) in [6, 6.07) is 7.97. The zero-order valence-corrected chi connectivity index (χ0v) is 20.1. The smallest absolute Gasteiger partial charge is 0.252 e. The van der Waals surface area contributed by atoms with Crippen molar-refractivity contribution in [1.82, 2.24) is 20.3 Å². The maximum absolute atomic E-state index is 13.1. The van der Waals surface area contributed by atoms with E-state index in [1.807, 2.05) is 32.3 Å². The van der Waals surface area contributed by atoms with Gasteiger partial charge in [0, 0.05) is 42.8 Å². The third-order valence-electron chi connectivity index (χ3n) is 6.72. The van der Waals surface area contributed by atoms with E-state index in [1.165, 1.54) is 0 Å². The van der Waals surface area contributed by atoms with Crippen LogP contribution in [0.25, 0.3) is 22.0 Å². The highest BCUT2D eigenvalue weighted by molar-refractivity contribution is 5.86. The van der Waals surface area contributed by atoms with E-state index in [4.69, 9.17) is 4.74 Å². The van der Waals surface area contributed by atoms with Gasteiger partial charge in [0.25, 0.3) is 5.91 Å². The van der Waals surface area contributed by atoms with Crippen molar-refractivity contribution < 1.29 is 14.3 Å². The second kappa shape index (κ2) is 10.9. The van der Waals surface area contributed by atoms with E-state index < -0.39 is 5.60 Å². The van der Waals surface area contributed by atoms with E-state index in [-0.39, 0.29) is 11.9 Å². The summed E-state index contributed by atoms with van der Waals surface area (Å²) in [6.45, 7) is 4.38. The van der Waals surface area contributed by atoms with Crippen molar-refractivity contribution in [2.24, 2.45) is 0 Å². The number of carbonyl (C=O) groups is 2. The minimum absolute atomic E-state index is 0.0918. The molecule has 7 heteroatoms. The third kappa shape index (κ3) is 5.70. The predicted molar refractivity (Wildman–Crippen MR) is 132 cm³/mol. The molecule has 0 saturated carbocycles. The molecule has 1 saturated heterocycles.